The summed E-state index contributed by atoms with van der Waals surface area (Å²) in [6.45, 7) is 41.1. The van der Waals surface area contributed by atoms with E-state index < -0.39 is 18.0 Å². The third-order valence-corrected chi connectivity index (χ3v) is 9.14. The van der Waals surface area contributed by atoms with Gasteiger partial charge >= 0.3 is 6.03 Å². The highest BCUT2D eigenvalue weighted by Crippen LogP contribution is 2.32. The summed E-state index contributed by atoms with van der Waals surface area (Å²) in [6, 6.07) is -0.287. The minimum Gasteiger partial charge on any atom is -0.502 e. The van der Waals surface area contributed by atoms with Gasteiger partial charge in [-0.15, -0.1) is 17.9 Å². The number of carboxylic acid groups (broad SMARTS) is 1. The normalized spacial score (nSPS) is 14.7. The second kappa shape index (κ2) is 47.7. The molecule has 1 aliphatic carbocycles. The van der Waals surface area contributed by atoms with Gasteiger partial charge in [-0.1, -0.05) is 107 Å². The molecule has 388 valence electrons. The predicted octanol–water partition coefficient (Wildman–Crippen LogP) is 11.5. The van der Waals surface area contributed by atoms with Crippen LogP contribution in [0.2, 0.25) is 0 Å². The van der Waals surface area contributed by atoms with Crippen molar-refractivity contribution in [3.8, 4) is 0 Å². The van der Waals surface area contributed by atoms with Crippen LogP contribution in [0, 0.1) is 23.7 Å². The Labute approximate surface area is 412 Å². The molecule has 1 aromatic rings. The molecule has 2 aliphatic rings. The van der Waals surface area contributed by atoms with Gasteiger partial charge in [-0.3, -0.25) is 24.2 Å². The molecule has 1 saturated carbocycles. The fraction of sp³-hybridized carbons (Fsp3) is 0.673. The number of methoxy groups -OCH3 is 1. The van der Waals surface area contributed by atoms with Crippen molar-refractivity contribution < 1.29 is 33.8 Å². The number of Topliss-reactive ketones (excluding diaryl/α,β-unsaturated/α-hetero) is 1. The second-order valence-corrected chi connectivity index (χ2v) is 16.9. The molecule has 3 rings (SSSR count). The van der Waals surface area contributed by atoms with Crippen LogP contribution in [0.4, 0.5) is 9.93 Å². The number of thiazole rings is 1. The van der Waals surface area contributed by atoms with E-state index in [1.807, 2.05) is 107 Å². The summed E-state index contributed by atoms with van der Waals surface area (Å²) in [5.41, 5.74) is 1.79. The van der Waals surface area contributed by atoms with Crippen molar-refractivity contribution >= 4 is 52.3 Å². The number of rotatable bonds is 19. The maximum absolute atomic E-state index is 12.2. The van der Waals surface area contributed by atoms with Crippen LogP contribution >= 0.6 is 11.3 Å². The van der Waals surface area contributed by atoms with Crippen molar-refractivity contribution in [2.45, 2.75) is 175 Å². The summed E-state index contributed by atoms with van der Waals surface area (Å²) in [5, 5.41) is 21.6. The molecule has 3 atom stereocenters. The van der Waals surface area contributed by atoms with E-state index in [9.17, 15) is 19.2 Å². The highest BCUT2D eigenvalue weighted by atomic mass is 32.1. The Hall–Kier alpha value is -4.79. The summed E-state index contributed by atoms with van der Waals surface area (Å²) in [6.07, 6.45) is 17.5. The lowest BCUT2D eigenvalue weighted by atomic mass is 9.97. The first-order valence-electron chi connectivity index (χ1n) is 24.4. The third kappa shape index (κ3) is 43.5. The van der Waals surface area contributed by atoms with E-state index in [1.165, 1.54) is 0 Å². The quantitative estimate of drug-likeness (QED) is 0.0388. The van der Waals surface area contributed by atoms with E-state index in [2.05, 4.69) is 84.6 Å². The van der Waals surface area contributed by atoms with Crippen molar-refractivity contribution in [3.05, 3.63) is 59.9 Å². The zero-order valence-electron chi connectivity index (χ0n) is 45.4. The number of amides is 4. The van der Waals surface area contributed by atoms with E-state index in [4.69, 9.17) is 14.6 Å². The van der Waals surface area contributed by atoms with Crippen LogP contribution in [0.25, 0.3) is 0 Å². The number of likely N-dealkylation sites (tertiary alicyclic amines) is 1. The van der Waals surface area contributed by atoms with Crippen molar-refractivity contribution in [3.63, 3.8) is 0 Å². The van der Waals surface area contributed by atoms with Crippen LogP contribution in [0.3, 0.4) is 0 Å². The van der Waals surface area contributed by atoms with Gasteiger partial charge < -0.3 is 36.0 Å². The SMILES string of the molecule is C/C=C\C/C=C\C(=NC/C=C(\C)OC)c1csc(NC(C)C)n1.C=CC(C)CNC=O.CC.CC.CC.CC(=O)O.CC(C)C.CC(C)C(NC(=O)NCC(=O)N1CCC[C@H]1C)C(=O)C1CC1. The molecule has 2 fully saturated rings. The highest BCUT2D eigenvalue weighted by Gasteiger charge is 2.37. The van der Waals surface area contributed by atoms with Crippen LogP contribution in [-0.2, 0) is 23.9 Å². The summed E-state index contributed by atoms with van der Waals surface area (Å²) < 4.78 is 5.14. The lowest BCUT2D eigenvalue weighted by Crippen LogP contribution is -2.51. The van der Waals surface area contributed by atoms with Gasteiger partial charge in [0.15, 0.2) is 10.9 Å². The number of aliphatic imine (C=N–C) groups is 1. The van der Waals surface area contributed by atoms with Gasteiger partial charge in [0.25, 0.3) is 5.97 Å². The Morgan fingerprint density at radius 1 is 0.985 bits per heavy atom. The van der Waals surface area contributed by atoms with Gasteiger partial charge in [0.1, 0.15) is 5.69 Å². The first-order chi connectivity index (χ1) is 31.7. The molecule has 0 aromatic carbocycles. The third-order valence-electron chi connectivity index (χ3n) is 8.36. The maximum atomic E-state index is 12.2. The van der Waals surface area contributed by atoms with Gasteiger partial charge in [-0.05, 0) is 96.6 Å². The van der Waals surface area contributed by atoms with Crippen LogP contribution in [0.5, 0.6) is 0 Å². The lowest BCUT2D eigenvalue weighted by molar-refractivity contribution is -0.134. The largest absolute Gasteiger partial charge is 0.502 e. The molecular formula is C52H97N7O7S. The zero-order valence-corrected chi connectivity index (χ0v) is 46.2. The fourth-order valence-electron chi connectivity index (χ4n) is 4.93. The van der Waals surface area contributed by atoms with Gasteiger partial charge in [-0.25, -0.2) is 9.78 Å². The number of nitrogens with zero attached hydrogens (tertiary/aromatic N) is 3. The van der Waals surface area contributed by atoms with Gasteiger partial charge in [0.2, 0.25) is 12.3 Å². The number of carbonyl (C=O) groups is 5. The number of aliphatic carboxylic acids is 1. The summed E-state index contributed by atoms with van der Waals surface area (Å²) >= 11 is 1.60. The molecule has 15 heteroatoms. The molecule has 2 unspecified atom stereocenters. The number of hydrogen-bond acceptors (Lipinski definition) is 10. The van der Waals surface area contributed by atoms with E-state index in [-0.39, 0.29) is 36.1 Å². The zero-order chi connectivity index (χ0) is 52.9. The van der Waals surface area contributed by atoms with Crippen LogP contribution in [0.15, 0.2) is 59.2 Å². The first kappa shape index (κ1) is 71.2. The second-order valence-electron chi connectivity index (χ2n) is 16.1. The van der Waals surface area contributed by atoms with E-state index >= 15 is 0 Å². The fourth-order valence-corrected chi connectivity index (χ4v) is 5.78. The Balaban J connectivity index is -0.000000267. The van der Waals surface area contributed by atoms with Crippen molar-refractivity contribution in [1.82, 2.24) is 25.8 Å². The van der Waals surface area contributed by atoms with Gasteiger partial charge in [0.05, 0.1) is 37.7 Å². The summed E-state index contributed by atoms with van der Waals surface area (Å²) in [4.78, 5) is 65.9. The van der Waals surface area contributed by atoms with Crippen molar-refractivity contribution in [1.29, 1.82) is 0 Å². The molecule has 0 radical (unpaired) electrons. The number of ether oxygens (including phenoxy) is 1. The standard InChI is InChI=1S/C18H27N3OS.C16H27N3O3.C6H11NO.C4H10.C2H4O2.3C2H6/c1-6-7-8-9-10-16(19-12-11-15(4)22-5)17-13-23-18(21-17)20-14(2)3;1-10(2)14(15(21)12-6-7-12)18-16(22)17-9-13(20)19-8-4-5-11(19)3;1-3-6(2)4-7-5-8;1-4(2)3;1-2(3)4;3*1-2/h6-7,9-11,13-14H,8,12H2,1-5H3,(H,20,21);10-12,14H,4-9H2,1-3H3,(H2,17,18,22);3,5-6H,1,4H2,2H3,(H,7,8);4H,1-3H3;1H3,(H,3,4);3*1-2H3/b7-6-,10-9-,15-11+,19-16?;;;;;;;/t;11-,14?;;;;;;/m.1....../s1. The molecule has 0 bridgehead atoms. The van der Waals surface area contributed by atoms with E-state index in [0.29, 0.717) is 31.5 Å². The van der Waals surface area contributed by atoms with Crippen molar-refractivity contribution in [2.24, 2.45) is 28.7 Å². The van der Waals surface area contributed by atoms with Gasteiger partial charge in [0, 0.05) is 43.4 Å². The number of anilines is 1. The highest BCUT2D eigenvalue weighted by molar-refractivity contribution is 7.13. The summed E-state index contributed by atoms with van der Waals surface area (Å²) in [5.74, 6) is 1.46. The molecule has 5 N–H and O–H groups in total. The molecule has 2 heterocycles. The van der Waals surface area contributed by atoms with Gasteiger partial charge in [-0.2, -0.15) is 0 Å². The molecule has 4 amide bonds. The Morgan fingerprint density at radius 2 is 1.55 bits per heavy atom. The number of hydrogen-bond donors (Lipinski definition) is 5. The van der Waals surface area contributed by atoms with Crippen LogP contribution in [0.1, 0.15) is 162 Å². The maximum Gasteiger partial charge on any atom is 0.315 e. The molecule has 1 aromatic heterocycles. The smallest absolute Gasteiger partial charge is 0.315 e. The first-order valence-corrected chi connectivity index (χ1v) is 25.2. The monoisotopic (exact) mass is 964 g/mol. The van der Waals surface area contributed by atoms with Crippen LogP contribution in [-0.4, -0.2) is 102 Å². The Kier molecular flexibility index (Phi) is 50.7. The number of urea groups is 1. The van der Waals surface area contributed by atoms with E-state index in [1.54, 1.807) is 29.4 Å². The Morgan fingerprint density at radius 3 is 1.99 bits per heavy atom. The Bertz CT molecular complexity index is 1540. The minimum atomic E-state index is -0.833. The van der Waals surface area contributed by atoms with E-state index in [0.717, 1.165) is 73.8 Å². The average Bonchev–Trinajstić information content (AvgIpc) is 3.90. The lowest BCUT2D eigenvalue weighted by Gasteiger charge is -2.23. The number of nitrogens with one attached hydrogen (secondary N) is 4. The molecule has 67 heavy (non-hydrogen) atoms. The minimum absolute atomic E-state index is 0.0153. The number of allylic oxidation sites excluding steroid dienone is 5. The molecule has 1 aliphatic heterocycles. The molecule has 14 nitrogen and oxygen atoms in total. The molecular weight excluding hydrogens is 867 g/mol. The van der Waals surface area contributed by atoms with Crippen molar-refractivity contribution in [2.75, 3.05) is 38.6 Å². The number of ketones is 1. The number of carbonyl (C=O) groups excluding carboxylic acids is 4. The molecule has 0 spiro atoms. The average molecular weight is 964 g/mol. The molecule has 1 saturated heterocycles. The predicted molar refractivity (Wildman–Crippen MR) is 286 cm³/mol. The number of aromatic nitrogens is 1. The summed E-state index contributed by atoms with van der Waals surface area (Å²) in [7, 11) is 1.66. The number of carboxylic acids is 1. The topological polar surface area (TPSA) is 191 Å². The van der Waals surface area contributed by atoms with Crippen LogP contribution < -0.4 is 21.3 Å².